The zero-order valence-corrected chi connectivity index (χ0v) is 19.3. The number of carbonyl (C=O) groups excluding carboxylic acids is 2. The predicted octanol–water partition coefficient (Wildman–Crippen LogP) is 1.31. The number of nitrogens with one attached hydrogen (secondary N) is 1. The third-order valence-corrected chi connectivity index (χ3v) is 7.68. The Kier molecular flexibility index (Phi) is 6.96. The molecule has 2 aromatic carbocycles. The molecule has 0 bridgehead atoms. The lowest BCUT2D eigenvalue weighted by molar-refractivity contribution is -0.124. The van der Waals surface area contributed by atoms with Crippen LogP contribution >= 0.6 is 0 Å². The average Bonchev–Trinajstić information content (AvgIpc) is 2.85. The number of rotatable bonds is 7. The van der Waals surface area contributed by atoms with Crippen molar-refractivity contribution in [2.75, 3.05) is 44.9 Å². The van der Waals surface area contributed by atoms with Crippen molar-refractivity contribution in [3.05, 3.63) is 53.6 Å². The highest BCUT2D eigenvalue weighted by molar-refractivity contribution is 7.89. The Bertz CT molecular complexity index is 1140. The van der Waals surface area contributed by atoms with E-state index in [0.717, 1.165) is 11.1 Å². The van der Waals surface area contributed by atoms with Gasteiger partial charge in [0.05, 0.1) is 25.2 Å². The molecule has 0 atom stereocenters. The highest BCUT2D eigenvalue weighted by atomic mass is 32.2. The van der Waals surface area contributed by atoms with Gasteiger partial charge >= 0.3 is 0 Å². The summed E-state index contributed by atoms with van der Waals surface area (Å²) >= 11 is 0. The van der Waals surface area contributed by atoms with Gasteiger partial charge in [0.2, 0.25) is 21.8 Å². The Hall–Kier alpha value is -2.95. The van der Waals surface area contributed by atoms with Crippen LogP contribution in [0.3, 0.4) is 0 Å². The first-order valence-electron chi connectivity index (χ1n) is 10.8. The van der Waals surface area contributed by atoms with Crippen LogP contribution in [0.15, 0.2) is 47.4 Å². The van der Waals surface area contributed by atoms with Crippen LogP contribution in [0.4, 0.5) is 5.69 Å². The molecule has 10 heteroatoms. The standard InChI is InChI=1S/C23H27N3O6S/c1-31-19-4-2-3-17(13-19)15-24-22(27)16-26-21-7-6-20(14-18(21)5-8-23(26)28)33(29,30)25-9-11-32-12-10-25/h2-4,6-7,13-14H,5,8-12,15-16H2,1H3,(H,24,27). The Morgan fingerprint density at radius 3 is 2.67 bits per heavy atom. The minimum Gasteiger partial charge on any atom is -0.497 e. The molecule has 9 nitrogen and oxygen atoms in total. The van der Waals surface area contributed by atoms with Crippen molar-refractivity contribution < 1.29 is 27.5 Å². The first-order valence-corrected chi connectivity index (χ1v) is 12.2. The molecule has 0 aromatic heterocycles. The molecular weight excluding hydrogens is 446 g/mol. The zero-order chi connectivity index (χ0) is 23.4. The van der Waals surface area contributed by atoms with Crippen LogP contribution in [0, 0.1) is 0 Å². The lowest BCUT2D eigenvalue weighted by Gasteiger charge is -2.30. The molecule has 0 aliphatic carbocycles. The normalized spacial score (nSPS) is 16.9. The number of aryl methyl sites for hydroxylation is 1. The van der Waals surface area contributed by atoms with Crippen LogP contribution in [-0.2, 0) is 37.3 Å². The minimum absolute atomic E-state index is 0.134. The van der Waals surface area contributed by atoms with E-state index >= 15 is 0 Å². The second-order valence-corrected chi connectivity index (χ2v) is 9.85. The number of ether oxygens (including phenoxy) is 2. The first-order chi connectivity index (χ1) is 15.9. The number of morpholine rings is 1. The first kappa shape index (κ1) is 23.2. The molecule has 33 heavy (non-hydrogen) atoms. The Morgan fingerprint density at radius 2 is 1.91 bits per heavy atom. The van der Waals surface area contributed by atoms with Crippen LogP contribution in [0.25, 0.3) is 0 Å². The molecule has 0 radical (unpaired) electrons. The van der Waals surface area contributed by atoms with Crippen molar-refractivity contribution in [1.29, 1.82) is 0 Å². The van der Waals surface area contributed by atoms with Crippen LogP contribution in [0.2, 0.25) is 0 Å². The van der Waals surface area contributed by atoms with Gasteiger partial charge in [-0.1, -0.05) is 12.1 Å². The van der Waals surface area contributed by atoms with Crippen molar-refractivity contribution in [3.63, 3.8) is 0 Å². The molecule has 2 aliphatic rings. The summed E-state index contributed by atoms with van der Waals surface area (Å²) in [5.74, 6) is 0.233. The number of methoxy groups -OCH3 is 1. The fraction of sp³-hybridized carbons (Fsp3) is 0.391. The molecule has 0 unspecified atom stereocenters. The lowest BCUT2D eigenvalue weighted by Crippen LogP contribution is -2.43. The van der Waals surface area contributed by atoms with Gasteiger partial charge in [-0.2, -0.15) is 4.31 Å². The molecule has 4 rings (SSSR count). The van der Waals surface area contributed by atoms with E-state index in [-0.39, 0.29) is 29.7 Å². The van der Waals surface area contributed by atoms with Crippen molar-refractivity contribution in [3.8, 4) is 5.75 Å². The van der Waals surface area contributed by atoms with E-state index in [0.29, 0.717) is 50.7 Å². The zero-order valence-electron chi connectivity index (χ0n) is 18.5. The number of hydrogen-bond acceptors (Lipinski definition) is 6. The number of carbonyl (C=O) groups is 2. The van der Waals surface area contributed by atoms with E-state index in [1.165, 1.54) is 15.3 Å². The maximum absolute atomic E-state index is 13.0. The minimum atomic E-state index is -3.63. The van der Waals surface area contributed by atoms with Crippen LogP contribution < -0.4 is 15.0 Å². The summed E-state index contributed by atoms with van der Waals surface area (Å²) in [4.78, 5) is 26.8. The van der Waals surface area contributed by atoms with E-state index in [1.54, 1.807) is 19.2 Å². The molecule has 2 heterocycles. The van der Waals surface area contributed by atoms with E-state index < -0.39 is 10.0 Å². The summed E-state index contributed by atoms with van der Waals surface area (Å²) in [7, 11) is -2.06. The molecule has 2 aliphatic heterocycles. The van der Waals surface area contributed by atoms with Crippen molar-refractivity contribution in [1.82, 2.24) is 9.62 Å². The molecule has 1 saturated heterocycles. The smallest absolute Gasteiger partial charge is 0.243 e. The lowest BCUT2D eigenvalue weighted by atomic mass is 10.0. The number of amides is 2. The number of nitrogens with zero attached hydrogens (tertiary/aromatic N) is 2. The number of anilines is 1. The summed E-state index contributed by atoms with van der Waals surface area (Å²) in [5, 5.41) is 2.82. The Balaban J connectivity index is 1.47. The number of hydrogen-bond donors (Lipinski definition) is 1. The SMILES string of the molecule is COc1cccc(CNC(=O)CN2C(=O)CCc3cc(S(=O)(=O)N4CCOCC4)ccc32)c1. The Morgan fingerprint density at radius 1 is 1.12 bits per heavy atom. The van der Waals surface area contributed by atoms with Gasteiger partial charge < -0.3 is 19.7 Å². The second kappa shape index (κ2) is 9.90. The fourth-order valence-electron chi connectivity index (χ4n) is 3.99. The van der Waals surface area contributed by atoms with E-state index in [9.17, 15) is 18.0 Å². The molecule has 2 aromatic rings. The highest BCUT2D eigenvalue weighted by Gasteiger charge is 2.30. The van der Waals surface area contributed by atoms with Crippen molar-refractivity contribution >= 4 is 27.5 Å². The predicted molar refractivity (Wildman–Crippen MR) is 122 cm³/mol. The van der Waals surface area contributed by atoms with Gasteiger partial charge in [0.15, 0.2) is 0 Å². The summed E-state index contributed by atoms with van der Waals surface area (Å²) < 4.78 is 37.8. The van der Waals surface area contributed by atoms with E-state index in [2.05, 4.69) is 5.32 Å². The molecule has 1 N–H and O–H groups in total. The fourth-order valence-corrected chi connectivity index (χ4v) is 5.45. The average molecular weight is 474 g/mol. The topological polar surface area (TPSA) is 105 Å². The van der Waals surface area contributed by atoms with Gasteiger partial charge in [-0.25, -0.2) is 8.42 Å². The van der Waals surface area contributed by atoms with Gasteiger partial charge in [0.25, 0.3) is 0 Å². The molecular formula is C23H27N3O6S. The van der Waals surface area contributed by atoms with Gasteiger partial charge in [-0.3, -0.25) is 9.59 Å². The van der Waals surface area contributed by atoms with Gasteiger partial charge in [-0.05, 0) is 47.9 Å². The van der Waals surface area contributed by atoms with E-state index in [1.807, 2.05) is 24.3 Å². The third kappa shape index (κ3) is 5.18. The van der Waals surface area contributed by atoms with Gasteiger partial charge in [0, 0.05) is 31.7 Å². The summed E-state index contributed by atoms with van der Waals surface area (Å²) in [5.41, 5.74) is 2.19. The molecule has 176 valence electrons. The number of sulfonamides is 1. The van der Waals surface area contributed by atoms with Gasteiger partial charge in [0.1, 0.15) is 12.3 Å². The maximum Gasteiger partial charge on any atom is 0.243 e. The molecule has 0 saturated carbocycles. The highest BCUT2D eigenvalue weighted by Crippen LogP contribution is 2.31. The van der Waals surface area contributed by atoms with Gasteiger partial charge in [-0.15, -0.1) is 0 Å². The monoisotopic (exact) mass is 473 g/mol. The summed E-state index contributed by atoms with van der Waals surface area (Å²) in [6.07, 6.45) is 0.653. The largest absolute Gasteiger partial charge is 0.497 e. The maximum atomic E-state index is 13.0. The van der Waals surface area contributed by atoms with Crippen LogP contribution in [0.5, 0.6) is 5.75 Å². The number of benzene rings is 2. The third-order valence-electron chi connectivity index (χ3n) is 5.78. The second-order valence-electron chi connectivity index (χ2n) is 7.92. The quantitative estimate of drug-likeness (QED) is 0.650. The number of fused-ring (bicyclic) bond motifs is 1. The van der Waals surface area contributed by atoms with Crippen molar-refractivity contribution in [2.24, 2.45) is 0 Å². The summed E-state index contributed by atoms with van der Waals surface area (Å²) in [6, 6.07) is 12.1. The summed E-state index contributed by atoms with van der Waals surface area (Å²) in [6.45, 7) is 1.55. The molecule has 2 amide bonds. The van der Waals surface area contributed by atoms with E-state index in [4.69, 9.17) is 9.47 Å². The van der Waals surface area contributed by atoms with Crippen molar-refractivity contribution in [2.45, 2.75) is 24.3 Å². The van der Waals surface area contributed by atoms with Crippen LogP contribution in [0.1, 0.15) is 17.5 Å². The molecule has 1 fully saturated rings. The van der Waals surface area contributed by atoms with Crippen LogP contribution in [-0.4, -0.2) is 64.5 Å². The molecule has 0 spiro atoms. The Labute approximate surface area is 193 Å².